The van der Waals surface area contributed by atoms with E-state index in [0.717, 1.165) is 24.3 Å². The molecule has 5 unspecified atom stereocenters. The minimum absolute atomic E-state index is 0.101. The lowest BCUT2D eigenvalue weighted by Gasteiger charge is -2.46. The number of ether oxygens (including phenoxy) is 3. The summed E-state index contributed by atoms with van der Waals surface area (Å²) in [5.41, 5.74) is -1.53. The molecule has 0 saturated carbocycles. The number of hydrogen-bond donors (Lipinski definition) is 11. The first kappa shape index (κ1) is 30.9. The highest BCUT2D eigenvalue weighted by Crippen LogP contribution is 2.46. The summed E-state index contributed by atoms with van der Waals surface area (Å²) in [6.07, 6.45) is -17.6. The second-order valence-electron chi connectivity index (χ2n) is 10.3. The second-order valence-corrected chi connectivity index (χ2v) is 10.3. The van der Waals surface area contributed by atoms with Crippen molar-refractivity contribution in [2.75, 3.05) is 13.2 Å². The van der Waals surface area contributed by atoms with Gasteiger partial charge in [0.2, 0.25) is 0 Å². The van der Waals surface area contributed by atoms with Crippen LogP contribution in [-0.2, 0) is 14.2 Å². The average Bonchev–Trinajstić information content (AvgIpc) is 2.97. The van der Waals surface area contributed by atoms with Gasteiger partial charge in [0.05, 0.1) is 18.8 Å². The highest BCUT2D eigenvalue weighted by atomic mass is 16.7. The molecule has 3 heterocycles. The summed E-state index contributed by atoms with van der Waals surface area (Å²) in [6.45, 7) is -1.65. The lowest BCUT2D eigenvalue weighted by atomic mass is 9.89. The van der Waals surface area contributed by atoms with Crippen LogP contribution >= 0.6 is 0 Å². The molecule has 0 radical (unpaired) electrons. The molecule has 1 aromatic heterocycles. The minimum atomic E-state index is -1.95. The van der Waals surface area contributed by atoms with Gasteiger partial charge in [-0.2, -0.15) is 0 Å². The number of phenolic OH excluding ortho intramolecular Hbond substituents is 4. The minimum Gasteiger partial charge on any atom is -0.507 e. The van der Waals surface area contributed by atoms with Crippen LogP contribution in [0.5, 0.6) is 23.0 Å². The normalized spacial score (nSPS) is 33.1. The van der Waals surface area contributed by atoms with Crippen molar-refractivity contribution in [3.63, 3.8) is 0 Å². The van der Waals surface area contributed by atoms with Crippen LogP contribution in [0.4, 0.5) is 0 Å². The van der Waals surface area contributed by atoms with Crippen molar-refractivity contribution in [3.05, 3.63) is 46.1 Å². The van der Waals surface area contributed by atoms with Crippen LogP contribution < -0.4 is 5.43 Å². The third kappa shape index (κ3) is 5.38. The summed E-state index contributed by atoms with van der Waals surface area (Å²) in [5.74, 6) is -2.67. The molecule has 0 bridgehead atoms. The molecule has 2 aromatic carbocycles. The van der Waals surface area contributed by atoms with Crippen molar-refractivity contribution >= 4 is 11.0 Å². The van der Waals surface area contributed by atoms with Gasteiger partial charge in [0.25, 0.3) is 0 Å². The number of aliphatic hydroxyl groups excluding tert-OH is 7. The van der Waals surface area contributed by atoms with Crippen LogP contribution in [0.2, 0.25) is 0 Å². The van der Waals surface area contributed by atoms with E-state index in [1.807, 2.05) is 0 Å². The second kappa shape index (κ2) is 11.9. The predicted molar refractivity (Wildman–Crippen MR) is 140 cm³/mol. The number of aliphatic hydroxyl groups is 7. The topological polar surface area (TPSA) is 280 Å². The fourth-order valence-corrected chi connectivity index (χ4v) is 5.21. The zero-order valence-electron chi connectivity index (χ0n) is 22.0. The number of benzene rings is 2. The molecule has 5 rings (SSSR count). The molecule has 3 aromatic rings. The first-order valence-electron chi connectivity index (χ1n) is 13.0. The molecular formula is C27H30O16. The van der Waals surface area contributed by atoms with E-state index < -0.39 is 114 Å². The highest BCUT2D eigenvalue weighted by molar-refractivity contribution is 5.88. The summed E-state index contributed by atoms with van der Waals surface area (Å²) in [7, 11) is 0. The summed E-state index contributed by atoms with van der Waals surface area (Å²) in [4.78, 5) is 13.2. The van der Waals surface area contributed by atoms with Crippen LogP contribution in [0, 0.1) is 0 Å². The van der Waals surface area contributed by atoms with Crippen molar-refractivity contribution in [3.8, 4) is 34.3 Å². The zero-order valence-corrected chi connectivity index (χ0v) is 22.0. The maximum Gasteiger partial charge on any atom is 0.197 e. The predicted octanol–water partition coefficient (Wildman–Crippen LogP) is -2.38. The molecule has 2 aliphatic heterocycles. The largest absolute Gasteiger partial charge is 0.507 e. The molecule has 10 atom stereocenters. The standard InChI is InChI=1S/C27H30O16/c28-6-15-20(35)23(38)26(43-27-24(39)22(37)19(34)16(7-29)42-27)25(41-15)18-12(33)5-14-17(21(18)36)11(32)4-13(40-14)8-1-2-9(30)10(31)3-8/h1-5,15-16,19-20,22-31,33-39H,6-7H2/t15?,16?,19-,20-,22?,23+,24?,25+,26?,27-/m1/s1. The van der Waals surface area contributed by atoms with E-state index in [1.54, 1.807) is 0 Å². The Morgan fingerprint density at radius 2 is 1.37 bits per heavy atom. The third-order valence-electron chi connectivity index (χ3n) is 7.56. The third-order valence-corrected chi connectivity index (χ3v) is 7.56. The number of aromatic hydroxyl groups is 4. The van der Waals surface area contributed by atoms with Gasteiger partial charge in [-0.3, -0.25) is 4.79 Å². The van der Waals surface area contributed by atoms with Crippen molar-refractivity contribution < 1.29 is 74.8 Å². The maximum absolute atomic E-state index is 13.2. The average molecular weight is 611 g/mol. The monoisotopic (exact) mass is 610 g/mol. The molecule has 16 heteroatoms. The van der Waals surface area contributed by atoms with Gasteiger partial charge in [-0.15, -0.1) is 0 Å². The lowest BCUT2D eigenvalue weighted by Crippen LogP contribution is -2.62. The van der Waals surface area contributed by atoms with Gasteiger partial charge in [0.15, 0.2) is 23.2 Å². The highest BCUT2D eigenvalue weighted by Gasteiger charge is 2.52. The summed E-state index contributed by atoms with van der Waals surface area (Å²) in [5, 5.41) is 113. The molecule has 0 amide bonds. The molecule has 0 spiro atoms. The zero-order chi connectivity index (χ0) is 31.3. The molecule has 2 saturated heterocycles. The molecule has 2 fully saturated rings. The van der Waals surface area contributed by atoms with Crippen molar-refractivity contribution in [1.82, 2.24) is 0 Å². The van der Waals surface area contributed by atoms with Crippen molar-refractivity contribution in [1.29, 1.82) is 0 Å². The molecule has 11 N–H and O–H groups in total. The lowest BCUT2D eigenvalue weighted by molar-refractivity contribution is -0.342. The number of hydrogen-bond acceptors (Lipinski definition) is 16. The quantitative estimate of drug-likeness (QED) is 0.130. The smallest absolute Gasteiger partial charge is 0.197 e. The van der Waals surface area contributed by atoms with Crippen LogP contribution in [-0.4, -0.2) is 125 Å². The van der Waals surface area contributed by atoms with Crippen LogP contribution in [0.25, 0.3) is 22.3 Å². The van der Waals surface area contributed by atoms with E-state index in [1.165, 1.54) is 6.07 Å². The van der Waals surface area contributed by atoms with Gasteiger partial charge < -0.3 is 74.8 Å². The number of rotatable bonds is 6. The Kier molecular flexibility index (Phi) is 8.52. The maximum atomic E-state index is 13.2. The van der Waals surface area contributed by atoms with E-state index in [2.05, 4.69) is 0 Å². The van der Waals surface area contributed by atoms with E-state index in [-0.39, 0.29) is 16.9 Å². The molecular weight excluding hydrogens is 580 g/mol. The molecule has 0 aliphatic carbocycles. The fraction of sp³-hybridized carbons (Fsp3) is 0.444. The Bertz CT molecular complexity index is 1540. The van der Waals surface area contributed by atoms with E-state index >= 15 is 0 Å². The van der Waals surface area contributed by atoms with E-state index in [0.29, 0.717) is 0 Å². The van der Waals surface area contributed by atoms with Gasteiger partial charge in [-0.25, -0.2) is 0 Å². The molecule has 234 valence electrons. The molecule has 16 nitrogen and oxygen atoms in total. The molecule has 43 heavy (non-hydrogen) atoms. The summed E-state index contributed by atoms with van der Waals surface area (Å²) in [6, 6.07) is 5.51. The van der Waals surface area contributed by atoms with Gasteiger partial charge in [0, 0.05) is 17.7 Å². The summed E-state index contributed by atoms with van der Waals surface area (Å²) < 4.78 is 22.3. The Hall–Kier alpha value is -3.55. The van der Waals surface area contributed by atoms with Crippen molar-refractivity contribution in [2.45, 2.75) is 61.2 Å². The first-order chi connectivity index (χ1) is 20.4. The van der Waals surface area contributed by atoms with E-state index in [9.17, 15) is 61.0 Å². The van der Waals surface area contributed by atoms with Gasteiger partial charge >= 0.3 is 0 Å². The Morgan fingerprint density at radius 1 is 0.721 bits per heavy atom. The van der Waals surface area contributed by atoms with E-state index in [4.69, 9.17) is 18.6 Å². The van der Waals surface area contributed by atoms with Crippen LogP contribution in [0.1, 0.15) is 11.7 Å². The van der Waals surface area contributed by atoms with Gasteiger partial charge in [-0.05, 0) is 18.2 Å². The Labute approximate surface area is 241 Å². The molecule has 2 aliphatic rings. The Morgan fingerprint density at radius 3 is 2.02 bits per heavy atom. The Balaban J connectivity index is 1.59. The van der Waals surface area contributed by atoms with Gasteiger partial charge in [-0.1, -0.05) is 0 Å². The van der Waals surface area contributed by atoms with Crippen molar-refractivity contribution in [2.24, 2.45) is 0 Å². The fourth-order valence-electron chi connectivity index (χ4n) is 5.21. The van der Waals surface area contributed by atoms with Crippen LogP contribution in [0.3, 0.4) is 0 Å². The number of phenols is 4. The SMILES string of the molecule is O=c1cc(-c2ccc(O)c(O)c2)oc2cc(O)c([C@@H]3OC(CO)[C@@H](O)[C@H](O)C3O[C@H]3OC(CO)[C@@H](O)C(O)C3O)c(O)c12. The first-order valence-corrected chi connectivity index (χ1v) is 13.0. The van der Waals surface area contributed by atoms with Crippen LogP contribution in [0.15, 0.2) is 39.5 Å². The number of fused-ring (bicyclic) bond motifs is 1. The summed E-state index contributed by atoms with van der Waals surface area (Å²) >= 11 is 0. The van der Waals surface area contributed by atoms with Gasteiger partial charge in [0.1, 0.15) is 83.2 Å².